The van der Waals surface area contributed by atoms with Crippen molar-refractivity contribution in [2.75, 3.05) is 19.0 Å². The number of para-hydroxylation sites is 1. The van der Waals surface area contributed by atoms with Crippen LogP contribution in [0.1, 0.15) is 12.5 Å². The van der Waals surface area contributed by atoms with Crippen LogP contribution in [0.2, 0.25) is 0 Å². The Morgan fingerprint density at radius 3 is 2.28 bits per heavy atom. The van der Waals surface area contributed by atoms with Crippen LogP contribution in [-0.4, -0.2) is 36.2 Å². The molecule has 1 atom stereocenters. The van der Waals surface area contributed by atoms with E-state index in [1.807, 2.05) is 18.2 Å². The number of aliphatic hydroxyl groups is 1. The second kappa shape index (κ2) is 8.30. The van der Waals surface area contributed by atoms with Crippen LogP contribution in [-0.2, 0) is 16.0 Å². The number of hydrogen-bond donors (Lipinski definition) is 3. The predicted molar refractivity (Wildman–Crippen MR) is 95.4 cm³/mol. The number of benzene rings is 2. The molecule has 0 aliphatic heterocycles. The average Bonchev–Trinajstić information content (AvgIpc) is 2.61. The standard InChI is InChI=1S/C19H22N2O4/c1-19(24,12-14-8-10-16(25-2)11-9-14)13-20-17(22)18(23)21-15-6-4-3-5-7-15/h3-11,24H,12-13H2,1-2H3,(H,20,22)(H,21,23)/t19-/m1/s1. The van der Waals surface area contributed by atoms with Crippen molar-refractivity contribution in [3.63, 3.8) is 0 Å². The summed E-state index contributed by atoms with van der Waals surface area (Å²) in [4.78, 5) is 23.7. The van der Waals surface area contributed by atoms with Gasteiger partial charge in [0.15, 0.2) is 0 Å². The van der Waals surface area contributed by atoms with Crippen LogP contribution in [0.15, 0.2) is 54.6 Å². The lowest BCUT2D eigenvalue weighted by molar-refractivity contribution is -0.136. The highest BCUT2D eigenvalue weighted by atomic mass is 16.5. The van der Waals surface area contributed by atoms with Gasteiger partial charge in [-0.15, -0.1) is 0 Å². The molecule has 2 aromatic carbocycles. The molecular weight excluding hydrogens is 320 g/mol. The summed E-state index contributed by atoms with van der Waals surface area (Å²) in [7, 11) is 1.58. The number of methoxy groups -OCH3 is 1. The second-order valence-corrected chi connectivity index (χ2v) is 6.02. The van der Waals surface area contributed by atoms with Crippen molar-refractivity contribution in [2.45, 2.75) is 18.9 Å². The summed E-state index contributed by atoms with van der Waals surface area (Å²) in [5.74, 6) is -0.834. The van der Waals surface area contributed by atoms with E-state index >= 15 is 0 Å². The molecular formula is C19H22N2O4. The summed E-state index contributed by atoms with van der Waals surface area (Å²) in [6, 6.07) is 16.0. The highest BCUT2D eigenvalue weighted by Crippen LogP contribution is 2.16. The Kier molecular flexibility index (Phi) is 6.14. The fourth-order valence-corrected chi connectivity index (χ4v) is 2.31. The lowest BCUT2D eigenvalue weighted by atomic mass is 9.96. The number of hydrogen-bond acceptors (Lipinski definition) is 4. The van der Waals surface area contributed by atoms with Gasteiger partial charge >= 0.3 is 11.8 Å². The van der Waals surface area contributed by atoms with Crippen molar-refractivity contribution < 1.29 is 19.4 Å². The Hall–Kier alpha value is -2.86. The van der Waals surface area contributed by atoms with E-state index in [1.54, 1.807) is 50.4 Å². The lowest BCUT2D eigenvalue weighted by Gasteiger charge is -2.23. The highest BCUT2D eigenvalue weighted by Gasteiger charge is 2.24. The first-order chi connectivity index (χ1) is 11.9. The van der Waals surface area contributed by atoms with Crippen molar-refractivity contribution in [2.24, 2.45) is 0 Å². The average molecular weight is 342 g/mol. The van der Waals surface area contributed by atoms with Gasteiger partial charge in [0.2, 0.25) is 0 Å². The fourth-order valence-electron chi connectivity index (χ4n) is 2.31. The number of ether oxygens (including phenoxy) is 1. The minimum Gasteiger partial charge on any atom is -0.497 e. The minimum atomic E-state index is -1.18. The van der Waals surface area contributed by atoms with Gasteiger partial charge in [0.05, 0.1) is 12.7 Å². The quantitative estimate of drug-likeness (QED) is 0.698. The Bertz CT molecular complexity index is 712. The molecule has 0 saturated carbocycles. The van der Waals surface area contributed by atoms with E-state index in [0.29, 0.717) is 12.1 Å². The van der Waals surface area contributed by atoms with E-state index in [-0.39, 0.29) is 6.54 Å². The normalized spacial score (nSPS) is 12.8. The molecule has 0 heterocycles. The minimum absolute atomic E-state index is 0.0416. The largest absolute Gasteiger partial charge is 0.497 e. The Morgan fingerprint density at radius 1 is 1.04 bits per heavy atom. The molecule has 3 N–H and O–H groups in total. The first kappa shape index (κ1) is 18.5. The summed E-state index contributed by atoms with van der Waals surface area (Å²) in [5, 5.41) is 15.4. The van der Waals surface area contributed by atoms with E-state index in [1.165, 1.54) is 0 Å². The Morgan fingerprint density at radius 2 is 1.68 bits per heavy atom. The van der Waals surface area contributed by atoms with Gasteiger partial charge in [-0.3, -0.25) is 9.59 Å². The van der Waals surface area contributed by atoms with Crippen molar-refractivity contribution in [3.8, 4) is 5.75 Å². The third-order valence-electron chi connectivity index (χ3n) is 3.61. The molecule has 6 heteroatoms. The van der Waals surface area contributed by atoms with Crippen LogP contribution < -0.4 is 15.4 Å². The fraction of sp³-hybridized carbons (Fsp3) is 0.263. The van der Waals surface area contributed by atoms with Gasteiger partial charge in [-0.25, -0.2) is 0 Å². The van der Waals surface area contributed by atoms with Gasteiger partial charge in [0.25, 0.3) is 0 Å². The molecule has 0 aliphatic carbocycles. The predicted octanol–water partition coefficient (Wildman–Crippen LogP) is 1.74. The zero-order valence-electron chi connectivity index (χ0n) is 14.3. The maximum absolute atomic E-state index is 11.9. The zero-order chi connectivity index (χ0) is 18.3. The molecule has 0 saturated heterocycles. The summed E-state index contributed by atoms with van der Waals surface area (Å²) in [6.07, 6.45) is 0.331. The molecule has 0 spiro atoms. The summed E-state index contributed by atoms with van der Waals surface area (Å²) >= 11 is 0. The van der Waals surface area contributed by atoms with E-state index in [4.69, 9.17) is 4.74 Å². The van der Waals surface area contributed by atoms with Crippen LogP contribution in [0, 0.1) is 0 Å². The molecule has 0 aromatic heterocycles. The van der Waals surface area contributed by atoms with Gasteiger partial charge in [0, 0.05) is 18.7 Å². The summed E-state index contributed by atoms with van der Waals surface area (Å²) in [5.41, 5.74) is 0.249. The number of nitrogens with one attached hydrogen (secondary N) is 2. The Balaban J connectivity index is 1.85. The monoisotopic (exact) mass is 342 g/mol. The molecule has 2 rings (SSSR count). The maximum Gasteiger partial charge on any atom is 0.313 e. The maximum atomic E-state index is 11.9. The van der Waals surface area contributed by atoms with E-state index < -0.39 is 17.4 Å². The van der Waals surface area contributed by atoms with Gasteiger partial charge in [-0.05, 0) is 36.8 Å². The summed E-state index contributed by atoms with van der Waals surface area (Å²) in [6.45, 7) is 1.56. The SMILES string of the molecule is COc1ccc(C[C@@](C)(O)CNC(=O)C(=O)Nc2ccccc2)cc1. The Labute approximate surface area is 146 Å². The first-order valence-electron chi connectivity index (χ1n) is 7.89. The van der Waals surface area contributed by atoms with E-state index in [2.05, 4.69) is 10.6 Å². The number of carbonyl (C=O) groups excluding carboxylic acids is 2. The molecule has 0 fully saturated rings. The molecule has 0 aliphatic rings. The molecule has 2 amide bonds. The molecule has 132 valence electrons. The third kappa shape index (κ3) is 5.93. The van der Waals surface area contributed by atoms with Crippen LogP contribution in [0.25, 0.3) is 0 Å². The van der Waals surface area contributed by atoms with Crippen LogP contribution in [0.3, 0.4) is 0 Å². The van der Waals surface area contributed by atoms with Gasteiger partial charge in [-0.1, -0.05) is 30.3 Å². The lowest BCUT2D eigenvalue weighted by Crippen LogP contribution is -2.45. The van der Waals surface area contributed by atoms with Gasteiger partial charge in [0.1, 0.15) is 5.75 Å². The third-order valence-corrected chi connectivity index (χ3v) is 3.61. The number of carbonyl (C=O) groups is 2. The molecule has 0 radical (unpaired) electrons. The zero-order valence-corrected chi connectivity index (χ0v) is 14.3. The number of amides is 2. The highest BCUT2D eigenvalue weighted by molar-refractivity contribution is 6.39. The van der Waals surface area contributed by atoms with Crippen molar-refractivity contribution in [1.82, 2.24) is 5.32 Å². The second-order valence-electron chi connectivity index (χ2n) is 6.02. The molecule has 0 unspecified atom stereocenters. The molecule has 25 heavy (non-hydrogen) atoms. The number of anilines is 1. The molecule has 0 bridgehead atoms. The van der Waals surface area contributed by atoms with Gasteiger partial charge < -0.3 is 20.5 Å². The van der Waals surface area contributed by atoms with E-state index in [0.717, 1.165) is 11.3 Å². The van der Waals surface area contributed by atoms with Crippen LogP contribution in [0.4, 0.5) is 5.69 Å². The smallest absolute Gasteiger partial charge is 0.313 e. The van der Waals surface area contributed by atoms with Gasteiger partial charge in [-0.2, -0.15) is 0 Å². The topological polar surface area (TPSA) is 87.7 Å². The van der Waals surface area contributed by atoms with Crippen LogP contribution in [0.5, 0.6) is 5.75 Å². The molecule has 6 nitrogen and oxygen atoms in total. The molecule has 2 aromatic rings. The summed E-state index contributed by atoms with van der Waals surface area (Å²) < 4.78 is 5.09. The van der Waals surface area contributed by atoms with Crippen molar-refractivity contribution in [3.05, 3.63) is 60.2 Å². The van der Waals surface area contributed by atoms with E-state index in [9.17, 15) is 14.7 Å². The van der Waals surface area contributed by atoms with Crippen molar-refractivity contribution in [1.29, 1.82) is 0 Å². The van der Waals surface area contributed by atoms with Crippen molar-refractivity contribution >= 4 is 17.5 Å². The first-order valence-corrected chi connectivity index (χ1v) is 7.89. The number of rotatable bonds is 6. The van der Waals surface area contributed by atoms with Crippen LogP contribution >= 0.6 is 0 Å².